The molecule has 2 N–H and O–H groups in total. The molecule has 5 heteroatoms. The highest BCUT2D eigenvalue weighted by Gasteiger charge is 2.35. The van der Waals surface area contributed by atoms with Gasteiger partial charge in [0.2, 0.25) is 0 Å². The Morgan fingerprint density at radius 1 is 1.24 bits per heavy atom. The summed E-state index contributed by atoms with van der Waals surface area (Å²) in [5, 5.41) is 9.84. The number of hydrogen-bond donors (Lipinski definition) is 2. The molecule has 5 rings (SSSR count). The van der Waals surface area contributed by atoms with Crippen molar-refractivity contribution in [2.75, 3.05) is 6.54 Å². The molecule has 2 heterocycles. The van der Waals surface area contributed by atoms with E-state index in [9.17, 15) is 9.90 Å². The molecule has 0 unspecified atom stereocenters. The molecule has 0 radical (unpaired) electrons. The summed E-state index contributed by atoms with van der Waals surface area (Å²) in [6, 6.07) is 11.6. The van der Waals surface area contributed by atoms with Crippen molar-refractivity contribution in [2.24, 2.45) is 0 Å². The molecule has 1 saturated heterocycles. The molecule has 1 aromatic heterocycles. The third kappa shape index (κ3) is 3.86. The summed E-state index contributed by atoms with van der Waals surface area (Å²) in [5.74, 6) is 0.880. The molecule has 29 heavy (non-hydrogen) atoms. The van der Waals surface area contributed by atoms with Crippen LogP contribution in [0.2, 0.25) is 0 Å². The number of aromatic hydroxyl groups is 1. The smallest absolute Gasteiger partial charge is 0.254 e. The van der Waals surface area contributed by atoms with Gasteiger partial charge in [0.1, 0.15) is 5.75 Å². The summed E-state index contributed by atoms with van der Waals surface area (Å²) >= 11 is 0. The number of nitrogens with one attached hydrogen (secondary N) is 1. The van der Waals surface area contributed by atoms with Gasteiger partial charge in [0.15, 0.2) is 0 Å². The van der Waals surface area contributed by atoms with Crippen molar-refractivity contribution in [1.29, 1.82) is 0 Å². The summed E-state index contributed by atoms with van der Waals surface area (Å²) in [5.41, 5.74) is 5.04. The van der Waals surface area contributed by atoms with E-state index >= 15 is 0 Å². The highest BCUT2D eigenvalue weighted by atomic mass is 16.3. The van der Waals surface area contributed by atoms with Gasteiger partial charge >= 0.3 is 0 Å². The fourth-order valence-electron chi connectivity index (χ4n) is 4.64. The fraction of sp³-hybridized carbons (Fsp3) is 0.417. The SMILES string of the molecule is CCC.O=C(c1ccc2nc[nH]c2c1)N1CCC[C@@H]2C[C@H]1Cc1ccc(O)cc12. The Labute approximate surface area is 171 Å². The summed E-state index contributed by atoms with van der Waals surface area (Å²) in [6.07, 6.45) is 6.81. The van der Waals surface area contributed by atoms with Gasteiger partial charge in [-0.05, 0) is 73.1 Å². The van der Waals surface area contributed by atoms with E-state index in [0.717, 1.165) is 48.8 Å². The van der Waals surface area contributed by atoms with Gasteiger partial charge in [-0.1, -0.05) is 26.3 Å². The number of likely N-dealkylation sites (tertiary alicyclic amines) is 1. The number of aromatic amines is 1. The molecule has 2 aliphatic rings. The van der Waals surface area contributed by atoms with Crippen molar-refractivity contribution >= 4 is 16.9 Å². The first kappa shape index (κ1) is 19.5. The minimum atomic E-state index is 0.106. The number of rotatable bonds is 1. The van der Waals surface area contributed by atoms with Crippen LogP contribution < -0.4 is 0 Å². The molecular weight excluding hydrogens is 362 g/mol. The molecule has 1 fully saturated rings. The number of benzene rings is 2. The second-order valence-corrected chi connectivity index (χ2v) is 8.16. The molecule has 2 atom stereocenters. The Kier molecular flexibility index (Phi) is 5.56. The van der Waals surface area contributed by atoms with E-state index in [0.29, 0.717) is 11.7 Å². The number of phenols is 1. The van der Waals surface area contributed by atoms with E-state index in [2.05, 4.69) is 28.7 Å². The van der Waals surface area contributed by atoms with E-state index < -0.39 is 0 Å². The molecule has 1 amide bonds. The van der Waals surface area contributed by atoms with Crippen molar-refractivity contribution in [1.82, 2.24) is 14.9 Å². The third-order valence-electron chi connectivity index (χ3n) is 5.90. The summed E-state index contributed by atoms with van der Waals surface area (Å²) < 4.78 is 0. The number of carbonyl (C=O) groups is 1. The average Bonchev–Trinajstić information content (AvgIpc) is 3.12. The Morgan fingerprint density at radius 3 is 2.90 bits per heavy atom. The summed E-state index contributed by atoms with van der Waals surface area (Å²) in [6.45, 7) is 5.04. The monoisotopic (exact) mass is 391 g/mol. The van der Waals surface area contributed by atoms with Crippen LogP contribution in [-0.2, 0) is 6.42 Å². The maximum atomic E-state index is 13.2. The highest BCUT2D eigenvalue weighted by Crippen LogP contribution is 2.40. The highest BCUT2D eigenvalue weighted by molar-refractivity contribution is 5.97. The molecule has 5 nitrogen and oxygen atoms in total. The lowest BCUT2D eigenvalue weighted by Crippen LogP contribution is -2.43. The number of nitrogens with zero attached hydrogens (tertiary/aromatic N) is 2. The second kappa shape index (κ2) is 8.27. The Morgan fingerprint density at radius 2 is 2.07 bits per heavy atom. The molecule has 0 saturated carbocycles. The maximum Gasteiger partial charge on any atom is 0.254 e. The minimum Gasteiger partial charge on any atom is -0.508 e. The van der Waals surface area contributed by atoms with Gasteiger partial charge in [-0.25, -0.2) is 4.98 Å². The zero-order chi connectivity index (χ0) is 20.4. The van der Waals surface area contributed by atoms with Crippen LogP contribution in [0.3, 0.4) is 0 Å². The van der Waals surface area contributed by atoms with E-state index in [-0.39, 0.29) is 11.9 Å². The number of amides is 1. The normalized spacial score (nSPS) is 20.4. The van der Waals surface area contributed by atoms with Crippen LogP contribution in [-0.4, -0.2) is 38.5 Å². The number of phenolic OH excluding ortho intramolecular Hbond substituents is 1. The quantitative estimate of drug-likeness (QED) is 0.612. The van der Waals surface area contributed by atoms with Gasteiger partial charge in [0.25, 0.3) is 5.91 Å². The zero-order valence-corrected chi connectivity index (χ0v) is 17.2. The van der Waals surface area contributed by atoms with Gasteiger partial charge in [-0.15, -0.1) is 0 Å². The van der Waals surface area contributed by atoms with Gasteiger partial charge in [0, 0.05) is 18.2 Å². The number of fused-ring (bicyclic) bond motifs is 5. The van der Waals surface area contributed by atoms with Crippen LogP contribution in [0.5, 0.6) is 5.75 Å². The number of carbonyl (C=O) groups excluding carboxylic acids is 1. The van der Waals surface area contributed by atoms with E-state index in [1.165, 1.54) is 17.5 Å². The van der Waals surface area contributed by atoms with Crippen LogP contribution in [0.25, 0.3) is 11.0 Å². The first-order chi connectivity index (χ1) is 14.1. The van der Waals surface area contributed by atoms with E-state index in [4.69, 9.17) is 0 Å². The van der Waals surface area contributed by atoms with Crippen molar-refractivity contribution in [2.45, 2.75) is 57.9 Å². The van der Waals surface area contributed by atoms with E-state index in [1.807, 2.05) is 30.3 Å². The topological polar surface area (TPSA) is 69.2 Å². The number of hydrogen-bond acceptors (Lipinski definition) is 3. The van der Waals surface area contributed by atoms with E-state index in [1.54, 1.807) is 12.4 Å². The van der Waals surface area contributed by atoms with Crippen molar-refractivity contribution in [3.8, 4) is 5.75 Å². The molecule has 1 aliphatic carbocycles. The fourth-order valence-corrected chi connectivity index (χ4v) is 4.64. The summed E-state index contributed by atoms with van der Waals surface area (Å²) in [4.78, 5) is 22.6. The molecular formula is C24H29N3O2. The van der Waals surface area contributed by atoms with Gasteiger partial charge in [-0.2, -0.15) is 0 Å². The largest absolute Gasteiger partial charge is 0.508 e. The molecule has 2 bridgehead atoms. The average molecular weight is 392 g/mol. The van der Waals surface area contributed by atoms with Crippen LogP contribution in [0, 0.1) is 0 Å². The van der Waals surface area contributed by atoms with Gasteiger partial charge < -0.3 is 15.0 Å². The van der Waals surface area contributed by atoms with Crippen molar-refractivity contribution in [3.05, 3.63) is 59.4 Å². The molecule has 0 spiro atoms. The summed E-state index contributed by atoms with van der Waals surface area (Å²) in [7, 11) is 0. The van der Waals surface area contributed by atoms with Gasteiger partial charge in [0.05, 0.1) is 17.4 Å². The number of aromatic nitrogens is 2. The van der Waals surface area contributed by atoms with Crippen molar-refractivity contribution in [3.63, 3.8) is 0 Å². The first-order valence-corrected chi connectivity index (χ1v) is 10.7. The van der Waals surface area contributed by atoms with Crippen LogP contribution >= 0.6 is 0 Å². The molecule has 152 valence electrons. The number of H-pyrrole nitrogens is 1. The Balaban J connectivity index is 0.000000645. The van der Waals surface area contributed by atoms with Crippen molar-refractivity contribution < 1.29 is 9.90 Å². The van der Waals surface area contributed by atoms with Gasteiger partial charge in [-0.3, -0.25) is 4.79 Å². The Hall–Kier alpha value is -2.82. The Bertz CT molecular complexity index is 1010. The lowest BCUT2D eigenvalue weighted by molar-refractivity contribution is 0.0675. The van der Waals surface area contributed by atoms with Crippen LogP contribution in [0.15, 0.2) is 42.7 Å². The lowest BCUT2D eigenvalue weighted by Gasteiger charge is -2.35. The lowest BCUT2D eigenvalue weighted by atomic mass is 9.78. The molecule has 3 aromatic rings. The minimum absolute atomic E-state index is 0.106. The first-order valence-electron chi connectivity index (χ1n) is 10.7. The van der Waals surface area contributed by atoms with Crippen LogP contribution in [0.1, 0.15) is 66.9 Å². The number of imidazole rings is 1. The zero-order valence-electron chi connectivity index (χ0n) is 17.2. The second-order valence-electron chi connectivity index (χ2n) is 8.16. The van der Waals surface area contributed by atoms with Crippen LogP contribution in [0.4, 0.5) is 0 Å². The predicted octanol–water partition coefficient (Wildman–Crippen LogP) is 5.02. The molecule has 2 aromatic carbocycles. The predicted molar refractivity (Wildman–Crippen MR) is 115 cm³/mol. The third-order valence-corrected chi connectivity index (χ3v) is 5.90. The standard InChI is InChI=1S/C21H21N3O2.C3H8/c25-17-5-3-14-9-16-8-13(18(14)11-17)2-1-7-24(16)21(26)15-4-6-19-20(10-15)23-12-22-19;1-3-2/h3-6,10-13,16,25H,1-2,7-9H2,(H,22,23);3H2,1-2H3/t13-,16+;/m1./s1. The maximum absolute atomic E-state index is 13.2. The molecule has 1 aliphatic heterocycles.